The zero-order valence-electron chi connectivity index (χ0n) is 78.7. The van der Waals surface area contributed by atoms with Gasteiger partial charge in [0.15, 0.2) is 0 Å². The van der Waals surface area contributed by atoms with E-state index in [4.69, 9.17) is 17.7 Å². The van der Waals surface area contributed by atoms with Crippen LogP contribution in [0, 0.1) is 0 Å². The molecule has 8 heteroatoms. The fourth-order valence-corrected chi connectivity index (χ4v) is 25.5. The Hall–Kier alpha value is -17.2. The third-order valence-electron chi connectivity index (χ3n) is 32.0. The Morgan fingerprint density at radius 1 is 0.164 bits per heavy atom. The molecule has 0 bridgehead atoms. The highest BCUT2D eigenvalue weighted by molar-refractivity contribution is 6.22. The lowest BCUT2D eigenvalue weighted by Crippen LogP contribution is -2.15. The van der Waals surface area contributed by atoms with Gasteiger partial charge in [-0.2, -0.15) is 0 Å². The fraction of sp³-hybridized carbons (Fsp3) is 0.0909. The Bertz CT molecular complexity index is 10100. The molecule has 0 fully saturated rings. The van der Waals surface area contributed by atoms with Gasteiger partial charge < -0.3 is 35.9 Å². The smallest absolute Gasteiger partial charge is 0.135 e. The van der Waals surface area contributed by atoms with E-state index in [1.807, 2.05) is 48.5 Å². The lowest BCUT2D eigenvalue weighted by molar-refractivity contribution is 0.660. The standard InChI is InChI=1S/4C33H23NO/c1-33(2)25-12-6-3-10-22(25)31-26(33)16-17-28-32(31)23-11-4-7-13-27(23)34(28)20-15-18-30-24(19-20)21-9-5-8-14-29(21)35-30;1-33(2)26-12-6-3-11-24(26)31-27(33)17-16-23-21-9-4-7-13-28(21)34(32(23)31)20-15-18-30-25(19-20)22-10-5-8-14-29(22)35-30;1-33(2)26-12-6-3-9-21(26)23-16-17-28-31(32(23)33)24-11-4-7-13-27(24)34(28)20-15-18-30-25(19-20)22-10-5-8-14-29(22)35-30;1-33(2)27-12-6-3-9-21(27)24-18-25-22-10-4-7-13-29(22)34(30(25)19-28(24)33)20-15-16-32-26(17-20)23-11-5-8-14-31(23)35-32/h4*3-19H,1-2H3. The maximum atomic E-state index is 6.14. The third kappa shape index (κ3) is 11.2. The normalized spacial score (nSPS) is 14.2. The van der Waals surface area contributed by atoms with E-state index >= 15 is 0 Å². The van der Waals surface area contributed by atoms with Gasteiger partial charge in [-0.1, -0.05) is 322 Å². The molecule has 28 aromatic rings. The first-order chi connectivity index (χ1) is 68.5. The Balaban J connectivity index is 0.0000000896. The van der Waals surface area contributed by atoms with Crippen molar-refractivity contribution in [2.24, 2.45) is 0 Å². The van der Waals surface area contributed by atoms with Gasteiger partial charge in [-0.25, -0.2) is 0 Å². The van der Waals surface area contributed by atoms with Crippen LogP contribution in [-0.2, 0) is 21.7 Å². The number of para-hydroxylation sites is 8. The van der Waals surface area contributed by atoms with Crippen LogP contribution in [0.2, 0.25) is 0 Å². The third-order valence-corrected chi connectivity index (χ3v) is 32.0. The van der Waals surface area contributed by atoms with Gasteiger partial charge in [0.25, 0.3) is 0 Å². The highest BCUT2D eigenvalue weighted by Crippen LogP contribution is 2.59. The summed E-state index contributed by atoms with van der Waals surface area (Å²) in [4.78, 5) is 0. The number of nitrogens with zero attached hydrogens (tertiary/aromatic N) is 4. The molecule has 0 amide bonds. The zero-order chi connectivity index (χ0) is 93.2. The maximum absolute atomic E-state index is 6.14. The van der Waals surface area contributed by atoms with Crippen LogP contribution in [0.25, 0.3) is 242 Å². The lowest BCUT2D eigenvalue weighted by atomic mass is 9.80. The van der Waals surface area contributed by atoms with Crippen LogP contribution < -0.4 is 0 Å². The van der Waals surface area contributed by atoms with Crippen molar-refractivity contribution in [3.63, 3.8) is 0 Å². The minimum absolute atomic E-state index is 0.0159. The number of hydrogen-bond acceptors (Lipinski definition) is 4. The van der Waals surface area contributed by atoms with Gasteiger partial charge in [-0.15, -0.1) is 0 Å². The van der Waals surface area contributed by atoms with Crippen LogP contribution in [0.5, 0.6) is 0 Å². The molecule has 0 N–H and O–H groups in total. The molecule has 140 heavy (non-hydrogen) atoms. The predicted molar refractivity (Wildman–Crippen MR) is 582 cm³/mol. The van der Waals surface area contributed by atoms with Crippen LogP contribution >= 0.6 is 0 Å². The van der Waals surface area contributed by atoms with E-state index in [1.54, 1.807) is 0 Å². The van der Waals surface area contributed by atoms with Gasteiger partial charge >= 0.3 is 0 Å². The van der Waals surface area contributed by atoms with Crippen molar-refractivity contribution < 1.29 is 17.7 Å². The molecule has 0 spiro atoms. The molecule has 0 saturated carbocycles. The summed E-state index contributed by atoms with van der Waals surface area (Å²) >= 11 is 0. The minimum Gasteiger partial charge on any atom is -0.456 e. The van der Waals surface area contributed by atoms with Crippen molar-refractivity contribution in [3.8, 4) is 67.3 Å². The van der Waals surface area contributed by atoms with E-state index in [-0.39, 0.29) is 21.7 Å². The van der Waals surface area contributed by atoms with E-state index < -0.39 is 0 Å². The minimum atomic E-state index is -0.0644. The summed E-state index contributed by atoms with van der Waals surface area (Å²) in [6.45, 7) is 18.8. The second-order valence-corrected chi connectivity index (χ2v) is 40.8. The van der Waals surface area contributed by atoms with Gasteiger partial charge in [0, 0.05) is 136 Å². The number of hydrogen-bond donors (Lipinski definition) is 0. The summed E-state index contributed by atoms with van der Waals surface area (Å²) < 4.78 is 34.2. The second kappa shape index (κ2) is 29.2. The number of benzene rings is 20. The van der Waals surface area contributed by atoms with Gasteiger partial charge in [0.2, 0.25) is 0 Å². The summed E-state index contributed by atoms with van der Waals surface area (Å²) in [5.41, 5.74) is 43.9. The molecule has 20 aromatic carbocycles. The van der Waals surface area contributed by atoms with Crippen molar-refractivity contribution in [2.45, 2.75) is 77.0 Å². The summed E-state index contributed by atoms with van der Waals surface area (Å²) in [6, 6.07) is 149. The molecular formula is C132H92N4O4. The first-order valence-corrected chi connectivity index (χ1v) is 48.8. The quantitative estimate of drug-likeness (QED) is 0.176. The summed E-state index contributed by atoms with van der Waals surface area (Å²) in [7, 11) is 0. The monoisotopic (exact) mass is 1800 g/mol. The topological polar surface area (TPSA) is 72.3 Å². The van der Waals surface area contributed by atoms with E-state index in [1.165, 1.54) is 176 Å². The van der Waals surface area contributed by atoms with Gasteiger partial charge in [-0.3, -0.25) is 0 Å². The van der Waals surface area contributed by atoms with Gasteiger partial charge in [0.05, 0.1) is 44.1 Å². The summed E-state index contributed by atoms with van der Waals surface area (Å²) in [6.07, 6.45) is 0. The van der Waals surface area contributed by atoms with Crippen molar-refractivity contribution in [1.29, 1.82) is 0 Å². The molecular weight excluding hydrogens is 1710 g/mol. The van der Waals surface area contributed by atoms with Crippen molar-refractivity contribution in [3.05, 3.63) is 457 Å². The maximum Gasteiger partial charge on any atom is 0.135 e. The SMILES string of the molecule is CC1(C)c2ccccc2-c2c1ccc1c2c2ccccc2n1-c1ccc2oc3ccccc3c2c1.CC1(C)c2ccccc2-c2c1ccc1c3ccccc3n(-c3ccc4oc5ccccc5c4c3)c21.CC1(C)c2ccccc2-c2cc3c4ccccc4n(-c4ccc5oc6ccccc6c5c4)c3cc21.CC1(C)c2ccccc2-c2ccc3c(c21)c1ccccc1n3-c1ccc2oc3ccccc3c2c1. The van der Waals surface area contributed by atoms with Crippen LogP contribution in [0.4, 0.5) is 0 Å². The predicted octanol–water partition coefficient (Wildman–Crippen LogP) is 36.0. The van der Waals surface area contributed by atoms with E-state index in [0.717, 1.165) is 111 Å². The first kappa shape index (κ1) is 80.1. The molecule has 0 radical (unpaired) electrons. The number of rotatable bonds is 4. The van der Waals surface area contributed by atoms with Crippen LogP contribution in [0.15, 0.2) is 430 Å². The van der Waals surface area contributed by atoms with E-state index in [0.29, 0.717) is 0 Å². The van der Waals surface area contributed by atoms with Gasteiger partial charge in [-0.05, 0) is 229 Å². The molecule has 664 valence electrons. The summed E-state index contributed by atoms with van der Waals surface area (Å²) in [5, 5.41) is 19.7. The van der Waals surface area contributed by atoms with Crippen molar-refractivity contribution in [2.75, 3.05) is 0 Å². The molecule has 8 aromatic heterocycles. The van der Waals surface area contributed by atoms with E-state index in [2.05, 4.69) is 438 Å². The Labute approximate surface area is 806 Å². The summed E-state index contributed by atoms with van der Waals surface area (Å²) in [5.74, 6) is 0. The van der Waals surface area contributed by atoms with Crippen molar-refractivity contribution in [1.82, 2.24) is 18.3 Å². The molecule has 8 nitrogen and oxygen atoms in total. The molecule has 32 rings (SSSR count). The average Bonchev–Trinajstić information content (AvgIpc) is 1.53. The average molecular weight is 1800 g/mol. The molecule has 8 heterocycles. The Morgan fingerprint density at radius 2 is 0.479 bits per heavy atom. The molecule has 0 atom stereocenters. The van der Waals surface area contributed by atoms with Crippen molar-refractivity contribution >= 4 is 175 Å². The first-order valence-electron chi connectivity index (χ1n) is 48.8. The Kier molecular flexibility index (Phi) is 16.7. The molecule has 4 aliphatic carbocycles. The lowest BCUT2D eigenvalue weighted by Gasteiger charge is -2.22. The second-order valence-electron chi connectivity index (χ2n) is 40.8. The van der Waals surface area contributed by atoms with E-state index in [9.17, 15) is 0 Å². The molecule has 4 aliphatic rings. The van der Waals surface area contributed by atoms with Crippen LogP contribution in [0.3, 0.4) is 0 Å². The highest BCUT2D eigenvalue weighted by atomic mass is 16.3. The highest BCUT2D eigenvalue weighted by Gasteiger charge is 2.43. The number of furan rings is 4. The van der Waals surface area contributed by atoms with Crippen LogP contribution in [-0.4, -0.2) is 18.3 Å². The largest absolute Gasteiger partial charge is 0.456 e. The Morgan fingerprint density at radius 3 is 0.957 bits per heavy atom. The fourth-order valence-electron chi connectivity index (χ4n) is 25.5. The number of fused-ring (bicyclic) bond motifs is 39. The number of aromatic nitrogens is 4. The zero-order valence-corrected chi connectivity index (χ0v) is 78.7. The van der Waals surface area contributed by atoms with Gasteiger partial charge in [0.1, 0.15) is 44.7 Å². The molecule has 0 saturated heterocycles. The van der Waals surface area contributed by atoms with Crippen LogP contribution in [0.1, 0.15) is 99.9 Å². The molecule has 0 unspecified atom stereocenters. The molecule has 0 aliphatic heterocycles.